The average molecular weight is 473 g/mol. The van der Waals surface area contributed by atoms with Crippen LogP contribution in [0.2, 0.25) is 5.02 Å². The van der Waals surface area contributed by atoms with Gasteiger partial charge in [0.25, 0.3) is 11.8 Å². The lowest BCUT2D eigenvalue weighted by Gasteiger charge is -2.11. The van der Waals surface area contributed by atoms with Crippen molar-refractivity contribution in [1.29, 1.82) is 0 Å². The summed E-state index contributed by atoms with van der Waals surface area (Å²) < 4.78 is 10.6. The average Bonchev–Trinajstić information content (AvgIpc) is 2.76. The zero-order valence-electron chi connectivity index (χ0n) is 17.1. The van der Waals surface area contributed by atoms with Crippen molar-refractivity contribution in [3.05, 3.63) is 79.3 Å². The number of carbonyl (C=O) groups excluding carboxylic acids is 1. The second-order valence-corrected chi connectivity index (χ2v) is 6.90. The van der Waals surface area contributed by atoms with Crippen LogP contribution < -0.4 is 20.3 Å². The number of aromatic nitrogens is 2. The standard InChI is InChI=1S/C21H17ClN4O7/c1-32-16-8-5-13(22)10-15(16)23-18(27)11-33-14-6-2-12(3-7-14)4-9-17-24-20(28)19(26(30)31)21(29)25-17/h2-10H,11H2,1H3,(H,23,27)(H2,24,25,28,29)/b9-4+. The van der Waals surface area contributed by atoms with Crippen molar-refractivity contribution in [3.63, 3.8) is 0 Å². The Morgan fingerprint density at radius 3 is 2.64 bits per heavy atom. The molecule has 12 heteroatoms. The maximum atomic E-state index is 12.2. The summed E-state index contributed by atoms with van der Waals surface area (Å²) in [5.74, 6) is -0.550. The SMILES string of the molecule is COc1ccc(Cl)cc1NC(=O)COc1ccc(/C=C/c2nc(O)c([N+](=O)[O-])c(=O)[nH]2)cc1. The third kappa shape index (κ3) is 6.08. The minimum atomic E-state index is -1.07. The fourth-order valence-electron chi connectivity index (χ4n) is 2.68. The Bertz CT molecular complexity index is 1270. The molecule has 1 heterocycles. The van der Waals surface area contributed by atoms with Gasteiger partial charge in [-0.2, -0.15) is 4.98 Å². The van der Waals surface area contributed by atoms with Crippen molar-refractivity contribution >= 4 is 41.0 Å². The number of carbonyl (C=O) groups is 1. The van der Waals surface area contributed by atoms with E-state index in [-0.39, 0.29) is 12.4 Å². The number of rotatable bonds is 8. The number of aromatic hydroxyl groups is 1. The number of benzene rings is 2. The molecular formula is C21H17ClN4O7. The van der Waals surface area contributed by atoms with Crippen molar-refractivity contribution in [2.45, 2.75) is 0 Å². The van der Waals surface area contributed by atoms with Crippen molar-refractivity contribution in [2.75, 3.05) is 19.0 Å². The Balaban J connectivity index is 1.60. The van der Waals surface area contributed by atoms with Crippen LogP contribution >= 0.6 is 11.6 Å². The van der Waals surface area contributed by atoms with Crippen LogP contribution in [0.3, 0.4) is 0 Å². The summed E-state index contributed by atoms with van der Waals surface area (Å²) in [5.41, 5.74) is -0.991. The Morgan fingerprint density at radius 2 is 2.00 bits per heavy atom. The molecule has 0 unspecified atom stereocenters. The van der Waals surface area contributed by atoms with Gasteiger partial charge in [-0.1, -0.05) is 29.8 Å². The van der Waals surface area contributed by atoms with Crippen molar-refractivity contribution < 1.29 is 24.3 Å². The second-order valence-electron chi connectivity index (χ2n) is 6.46. The highest BCUT2D eigenvalue weighted by atomic mass is 35.5. The Hall–Kier alpha value is -4.38. The van der Waals surface area contributed by atoms with Gasteiger partial charge in [-0.3, -0.25) is 19.7 Å². The Morgan fingerprint density at radius 1 is 1.27 bits per heavy atom. The van der Waals surface area contributed by atoms with Crippen LogP contribution in [0.4, 0.5) is 11.4 Å². The Labute approximate surface area is 191 Å². The molecule has 170 valence electrons. The minimum absolute atomic E-state index is 0.0588. The highest BCUT2D eigenvalue weighted by Crippen LogP contribution is 2.27. The van der Waals surface area contributed by atoms with E-state index in [4.69, 9.17) is 21.1 Å². The van der Waals surface area contributed by atoms with Crippen LogP contribution in [-0.4, -0.2) is 39.6 Å². The Kier molecular flexibility index (Phi) is 7.26. The van der Waals surface area contributed by atoms with Crippen LogP contribution in [0, 0.1) is 10.1 Å². The summed E-state index contributed by atoms with van der Waals surface area (Å²) in [6.07, 6.45) is 2.93. The van der Waals surface area contributed by atoms with Gasteiger partial charge >= 0.3 is 11.2 Å². The number of nitrogens with zero attached hydrogens (tertiary/aromatic N) is 2. The number of halogens is 1. The normalized spacial score (nSPS) is 10.7. The first-order valence-electron chi connectivity index (χ1n) is 9.29. The van der Waals surface area contributed by atoms with Gasteiger partial charge in [0.15, 0.2) is 6.61 Å². The molecule has 2 aromatic carbocycles. The smallest absolute Gasteiger partial charge is 0.395 e. The van der Waals surface area contributed by atoms with Crippen LogP contribution in [0.1, 0.15) is 11.4 Å². The predicted molar refractivity (Wildman–Crippen MR) is 121 cm³/mol. The van der Waals surface area contributed by atoms with E-state index >= 15 is 0 Å². The summed E-state index contributed by atoms with van der Waals surface area (Å²) in [4.78, 5) is 39.3. The molecule has 0 bridgehead atoms. The molecule has 0 atom stereocenters. The van der Waals surface area contributed by atoms with Crippen LogP contribution in [0.15, 0.2) is 47.3 Å². The molecule has 1 amide bonds. The molecule has 0 saturated heterocycles. The lowest BCUT2D eigenvalue weighted by molar-refractivity contribution is -0.387. The zero-order valence-corrected chi connectivity index (χ0v) is 17.8. The monoisotopic (exact) mass is 472 g/mol. The van der Waals surface area contributed by atoms with E-state index in [1.165, 1.54) is 13.2 Å². The molecule has 0 saturated carbocycles. The molecule has 1 aromatic heterocycles. The number of nitrogens with one attached hydrogen (secondary N) is 2. The molecule has 33 heavy (non-hydrogen) atoms. The van der Waals surface area contributed by atoms with Gasteiger partial charge in [-0.25, -0.2) is 0 Å². The maximum absolute atomic E-state index is 12.2. The van der Waals surface area contributed by atoms with Gasteiger partial charge in [-0.15, -0.1) is 0 Å². The summed E-state index contributed by atoms with van der Waals surface area (Å²) >= 11 is 5.94. The number of hydrogen-bond donors (Lipinski definition) is 3. The maximum Gasteiger partial charge on any atom is 0.395 e. The number of H-pyrrole nitrogens is 1. The lowest BCUT2D eigenvalue weighted by atomic mass is 10.2. The highest BCUT2D eigenvalue weighted by molar-refractivity contribution is 6.31. The number of ether oxygens (including phenoxy) is 2. The number of nitro groups is 1. The summed E-state index contributed by atoms with van der Waals surface area (Å²) in [5, 5.41) is 23.4. The predicted octanol–water partition coefficient (Wildman–Crippen LogP) is 3.23. The van der Waals surface area contributed by atoms with Gasteiger partial charge in [0.05, 0.1) is 17.7 Å². The second kappa shape index (κ2) is 10.3. The fraction of sp³-hybridized carbons (Fsp3) is 0.0952. The van der Waals surface area contributed by atoms with E-state index in [9.17, 15) is 24.8 Å². The van der Waals surface area contributed by atoms with Gasteiger partial charge in [-0.05, 0) is 42.0 Å². The van der Waals surface area contributed by atoms with E-state index in [0.717, 1.165) is 0 Å². The molecule has 0 fully saturated rings. The molecule has 3 aromatic rings. The van der Waals surface area contributed by atoms with Gasteiger partial charge in [0.2, 0.25) is 0 Å². The third-order valence-corrected chi connectivity index (χ3v) is 4.43. The molecule has 3 rings (SSSR count). The number of hydrogen-bond acceptors (Lipinski definition) is 8. The first-order valence-corrected chi connectivity index (χ1v) is 9.66. The first kappa shape index (κ1) is 23.3. The lowest BCUT2D eigenvalue weighted by Crippen LogP contribution is -2.20. The van der Waals surface area contributed by atoms with Crippen LogP contribution in [-0.2, 0) is 4.79 Å². The molecule has 11 nitrogen and oxygen atoms in total. The van der Waals surface area contributed by atoms with E-state index in [1.54, 1.807) is 48.5 Å². The molecule has 0 aliphatic rings. The van der Waals surface area contributed by atoms with E-state index in [1.807, 2.05) is 0 Å². The van der Waals surface area contributed by atoms with Gasteiger partial charge < -0.3 is 24.9 Å². The number of anilines is 1. The van der Waals surface area contributed by atoms with Gasteiger partial charge in [0.1, 0.15) is 17.3 Å². The van der Waals surface area contributed by atoms with E-state index < -0.39 is 28.0 Å². The summed E-state index contributed by atoms with van der Waals surface area (Å²) in [6, 6.07) is 11.4. The molecule has 0 aliphatic heterocycles. The van der Waals surface area contributed by atoms with Crippen LogP contribution in [0.25, 0.3) is 12.2 Å². The van der Waals surface area contributed by atoms with Crippen molar-refractivity contribution in [1.82, 2.24) is 9.97 Å². The third-order valence-electron chi connectivity index (χ3n) is 4.20. The van der Waals surface area contributed by atoms with Crippen LogP contribution in [0.5, 0.6) is 17.4 Å². The van der Waals surface area contributed by atoms with E-state index in [2.05, 4.69) is 15.3 Å². The van der Waals surface area contributed by atoms with Crippen molar-refractivity contribution in [2.24, 2.45) is 0 Å². The first-order chi connectivity index (χ1) is 15.8. The molecule has 0 aliphatic carbocycles. The van der Waals surface area contributed by atoms with Gasteiger partial charge in [0, 0.05) is 5.02 Å². The van der Waals surface area contributed by atoms with E-state index in [0.29, 0.717) is 27.8 Å². The molecule has 0 radical (unpaired) electrons. The quantitative estimate of drug-likeness (QED) is 0.333. The zero-order chi connectivity index (χ0) is 24.0. The largest absolute Gasteiger partial charge is 0.495 e. The number of aromatic amines is 1. The van der Waals surface area contributed by atoms with Crippen molar-refractivity contribution in [3.8, 4) is 17.4 Å². The fourth-order valence-corrected chi connectivity index (χ4v) is 2.85. The molecular weight excluding hydrogens is 456 g/mol. The number of methoxy groups -OCH3 is 1. The number of amides is 1. The minimum Gasteiger partial charge on any atom is -0.495 e. The summed E-state index contributed by atoms with van der Waals surface area (Å²) in [7, 11) is 1.48. The highest BCUT2D eigenvalue weighted by Gasteiger charge is 2.21. The molecule has 0 spiro atoms. The summed E-state index contributed by atoms with van der Waals surface area (Å²) in [6.45, 7) is -0.252. The molecule has 3 N–H and O–H groups in total. The topological polar surface area (TPSA) is 157 Å².